The summed E-state index contributed by atoms with van der Waals surface area (Å²) in [5.74, 6) is -1.77. The molecule has 0 aromatic heterocycles. The van der Waals surface area contributed by atoms with Crippen LogP contribution >= 0.6 is 12.4 Å². The third kappa shape index (κ3) is 10.2. The van der Waals surface area contributed by atoms with Crippen LogP contribution in [-0.2, 0) is 30.3 Å². The van der Waals surface area contributed by atoms with Crippen molar-refractivity contribution in [3.63, 3.8) is 0 Å². The highest BCUT2D eigenvalue weighted by Crippen LogP contribution is 2.14. The largest absolute Gasteiger partial charge is 0.490 e. The molecular weight excluding hydrogens is 492 g/mol. The maximum Gasteiger partial charge on any atom is 0.332 e. The van der Waals surface area contributed by atoms with Crippen LogP contribution in [0.25, 0.3) is 0 Å². The molecule has 0 aliphatic carbocycles. The van der Waals surface area contributed by atoms with E-state index in [1.54, 1.807) is 30.3 Å². The SMILES string of the molecule is COC(=O)[C@@H]1/C=C/COc2ccc(cc2)C[C@H](NC(C)=O)C(=O)N[C@H](CCCN=C(N)N)C(=O)N1.Cl. The van der Waals surface area contributed by atoms with E-state index in [0.717, 1.165) is 5.56 Å². The van der Waals surface area contributed by atoms with E-state index in [0.29, 0.717) is 12.2 Å². The van der Waals surface area contributed by atoms with E-state index < -0.39 is 41.8 Å². The maximum absolute atomic E-state index is 13.1. The fraction of sp³-hybridized carbons (Fsp3) is 0.435. The van der Waals surface area contributed by atoms with Crippen LogP contribution in [0.2, 0.25) is 0 Å². The molecule has 0 saturated heterocycles. The molecule has 12 nitrogen and oxygen atoms in total. The van der Waals surface area contributed by atoms with Gasteiger partial charge in [0.05, 0.1) is 7.11 Å². The highest BCUT2D eigenvalue weighted by atomic mass is 35.5. The molecule has 2 aliphatic heterocycles. The molecule has 7 N–H and O–H groups in total. The van der Waals surface area contributed by atoms with Gasteiger partial charge in [-0.3, -0.25) is 19.4 Å². The van der Waals surface area contributed by atoms with Gasteiger partial charge in [-0.05, 0) is 36.6 Å². The van der Waals surface area contributed by atoms with Crippen molar-refractivity contribution in [3.05, 3.63) is 42.0 Å². The number of rotatable bonds is 6. The number of aliphatic imine (C=N–C) groups is 1. The summed E-state index contributed by atoms with van der Waals surface area (Å²) in [6.07, 6.45) is 3.77. The summed E-state index contributed by atoms with van der Waals surface area (Å²) in [6.45, 7) is 1.69. The van der Waals surface area contributed by atoms with Crippen LogP contribution in [0.5, 0.6) is 5.75 Å². The zero-order valence-corrected chi connectivity index (χ0v) is 21.0. The number of nitrogens with two attached hydrogens (primary N) is 2. The van der Waals surface area contributed by atoms with Crippen molar-refractivity contribution in [2.24, 2.45) is 16.5 Å². The van der Waals surface area contributed by atoms with Gasteiger partial charge in [0.15, 0.2) is 5.96 Å². The van der Waals surface area contributed by atoms with E-state index in [2.05, 4.69) is 20.9 Å². The fourth-order valence-corrected chi connectivity index (χ4v) is 3.36. The summed E-state index contributed by atoms with van der Waals surface area (Å²) in [5, 5.41) is 7.88. The molecular formula is C23H33ClN6O6. The molecule has 198 valence electrons. The molecule has 2 heterocycles. The predicted octanol–water partition coefficient (Wildman–Crippen LogP) is -0.700. The predicted molar refractivity (Wildman–Crippen MR) is 135 cm³/mol. The van der Waals surface area contributed by atoms with E-state index in [1.807, 2.05) is 0 Å². The van der Waals surface area contributed by atoms with Gasteiger partial charge >= 0.3 is 5.97 Å². The highest BCUT2D eigenvalue weighted by Gasteiger charge is 2.29. The Hall–Kier alpha value is -3.80. The number of guanidine groups is 1. The minimum atomic E-state index is -1.10. The van der Waals surface area contributed by atoms with E-state index in [4.69, 9.17) is 20.9 Å². The highest BCUT2D eigenvalue weighted by molar-refractivity contribution is 5.93. The van der Waals surface area contributed by atoms with Crippen molar-refractivity contribution in [2.45, 2.75) is 44.3 Å². The summed E-state index contributed by atoms with van der Waals surface area (Å²) in [6, 6.07) is 3.98. The average molecular weight is 525 g/mol. The van der Waals surface area contributed by atoms with Gasteiger partial charge in [-0.1, -0.05) is 18.2 Å². The topological polar surface area (TPSA) is 187 Å². The first-order valence-corrected chi connectivity index (χ1v) is 11.1. The molecule has 1 aromatic carbocycles. The molecule has 0 fully saturated rings. The molecule has 0 unspecified atom stereocenters. The van der Waals surface area contributed by atoms with E-state index in [-0.39, 0.29) is 44.4 Å². The van der Waals surface area contributed by atoms with Gasteiger partial charge in [0.1, 0.15) is 30.5 Å². The van der Waals surface area contributed by atoms with E-state index >= 15 is 0 Å². The van der Waals surface area contributed by atoms with E-state index in [9.17, 15) is 19.2 Å². The molecule has 0 saturated carbocycles. The van der Waals surface area contributed by atoms with Crippen LogP contribution in [-0.4, -0.2) is 68.0 Å². The summed E-state index contributed by atoms with van der Waals surface area (Å²) in [4.78, 5) is 54.0. The Balaban J connectivity index is 0.00000648. The van der Waals surface area contributed by atoms with Crippen LogP contribution in [0.15, 0.2) is 41.4 Å². The molecule has 3 atom stereocenters. The number of carbonyl (C=O) groups is 4. The van der Waals surface area contributed by atoms with Crippen molar-refractivity contribution < 1.29 is 28.7 Å². The number of nitrogens with zero attached hydrogens (tertiary/aromatic N) is 1. The van der Waals surface area contributed by atoms with Crippen molar-refractivity contribution >= 4 is 42.1 Å². The quantitative estimate of drug-likeness (QED) is 0.106. The molecule has 36 heavy (non-hydrogen) atoms. The van der Waals surface area contributed by atoms with Crippen molar-refractivity contribution in [3.8, 4) is 5.75 Å². The number of fused-ring (bicyclic) bond motifs is 12. The number of nitrogens with one attached hydrogen (secondary N) is 3. The van der Waals surface area contributed by atoms with Crippen molar-refractivity contribution in [2.75, 3.05) is 20.3 Å². The number of halogens is 1. The first-order valence-electron chi connectivity index (χ1n) is 11.1. The lowest BCUT2D eigenvalue weighted by Crippen LogP contribution is -2.56. The summed E-state index contributed by atoms with van der Waals surface area (Å²) >= 11 is 0. The Morgan fingerprint density at radius 3 is 2.47 bits per heavy atom. The van der Waals surface area contributed by atoms with Gasteiger partial charge in [0.2, 0.25) is 17.7 Å². The molecule has 0 radical (unpaired) electrons. The molecule has 3 rings (SSSR count). The monoisotopic (exact) mass is 524 g/mol. The van der Waals surface area contributed by atoms with Gasteiger partial charge in [0.25, 0.3) is 0 Å². The molecule has 2 bridgehead atoms. The van der Waals surface area contributed by atoms with Gasteiger partial charge in [-0.2, -0.15) is 0 Å². The normalized spacial score (nSPS) is 21.0. The van der Waals surface area contributed by atoms with Gasteiger partial charge < -0.3 is 36.9 Å². The number of amides is 3. The average Bonchev–Trinajstić information content (AvgIpc) is 2.81. The van der Waals surface area contributed by atoms with Gasteiger partial charge in [-0.25, -0.2) is 4.79 Å². The molecule has 13 heteroatoms. The van der Waals surface area contributed by atoms with Crippen LogP contribution in [0.3, 0.4) is 0 Å². The number of hydrogen-bond acceptors (Lipinski definition) is 7. The lowest BCUT2D eigenvalue weighted by atomic mass is 10.0. The molecule has 0 spiro atoms. The summed E-state index contributed by atoms with van der Waals surface area (Å²) < 4.78 is 10.4. The van der Waals surface area contributed by atoms with Crippen molar-refractivity contribution in [1.29, 1.82) is 0 Å². The Labute approximate surface area is 215 Å². The molecule has 2 aliphatic rings. The fourth-order valence-electron chi connectivity index (χ4n) is 3.36. The van der Waals surface area contributed by atoms with Gasteiger partial charge in [0, 0.05) is 19.9 Å². The van der Waals surface area contributed by atoms with Crippen LogP contribution in [0, 0.1) is 0 Å². The number of esters is 1. The third-order valence-electron chi connectivity index (χ3n) is 5.06. The first kappa shape index (κ1) is 30.2. The second-order valence-electron chi connectivity index (χ2n) is 7.86. The zero-order valence-electron chi connectivity index (χ0n) is 20.2. The lowest BCUT2D eigenvalue weighted by Gasteiger charge is -2.24. The van der Waals surface area contributed by atoms with Crippen LogP contribution in [0.1, 0.15) is 25.3 Å². The summed E-state index contributed by atoms with van der Waals surface area (Å²) in [7, 11) is 1.20. The number of methoxy groups -OCH3 is 1. The Morgan fingerprint density at radius 1 is 1.17 bits per heavy atom. The number of benzene rings is 1. The number of ether oxygens (including phenoxy) is 2. The smallest absolute Gasteiger partial charge is 0.332 e. The third-order valence-corrected chi connectivity index (χ3v) is 5.06. The Morgan fingerprint density at radius 2 is 1.86 bits per heavy atom. The number of carbonyl (C=O) groups excluding carboxylic acids is 4. The van der Waals surface area contributed by atoms with Crippen LogP contribution in [0.4, 0.5) is 0 Å². The lowest BCUT2D eigenvalue weighted by molar-refractivity contribution is -0.144. The van der Waals surface area contributed by atoms with Gasteiger partial charge in [-0.15, -0.1) is 12.4 Å². The minimum Gasteiger partial charge on any atom is -0.490 e. The minimum absolute atomic E-state index is 0. The molecule has 3 amide bonds. The second-order valence-corrected chi connectivity index (χ2v) is 7.86. The zero-order chi connectivity index (χ0) is 25.8. The Kier molecular flexibility index (Phi) is 12.8. The first-order chi connectivity index (χ1) is 16.7. The van der Waals surface area contributed by atoms with E-state index in [1.165, 1.54) is 20.1 Å². The van der Waals surface area contributed by atoms with Crippen molar-refractivity contribution in [1.82, 2.24) is 16.0 Å². The maximum atomic E-state index is 13.1. The number of hydrogen-bond donors (Lipinski definition) is 5. The second kappa shape index (κ2) is 15.2. The van der Waals surface area contributed by atoms with Crippen LogP contribution < -0.4 is 32.2 Å². The molecule has 1 aromatic rings. The summed E-state index contributed by atoms with van der Waals surface area (Å²) in [5.41, 5.74) is 11.5. The standard InChI is InChI=1S/C23H32N6O6.ClH/c1-14(30)27-19-13-15-7-9-16(10-8-15)35-12-4-6-18(22(33)34-2)29-20(31)17(28-21(19)32)5-3-11-26-23(24)25;/h4,6-10,17-19H,3,5,11-13H2,1-2H3,(H,27,30)(H,28,32)(H,29,31)(H4,24,25,26);1H/b6-4+;/t17-,18+,19+;/m1./s1. The Bertz CT molecular complexity index is 964.